The van der Waals surface area contributed by atoms with Crippen LogP contribution in [0.3, 0.4) is 0 Å². The minimum atomic E-state index is -1.69. The highest BCUT2D eigenvalue weighted by atomic mass is 16.7. The average Bonchev–Trinajstić information content (AvgIpc) is 2.84. The molecule has 0 aromatic heterocycles. The molecule has 0 aliphatic carbocycles. The van der Waals surface area contributed by atoms with Crippen LogP contribution in [-0.4, -0.2) is 117 Å². The number of aliphatic hydroxyl groups excluding tert-OH is 7. The largest absolute Gasteiger partial charge is 0.394 e. The lowest BCUT2D eigenvalue weighted by Crippen LogP contribution is -2.64. The van der Waals surface area contributed by atoms with Crippen molar-refractivity contribution in [1.82, 2.24) is 0 Å². The van der Waals surface area contributed by atoms with Crippen LogP contribution in [0.1, 0.15) is 64.7 Å². The van der Waals surface area contributed by atoms with Crippen molar-refractivity contribution in [2.24, 2.45) is 0 Å². The van der Waals surface area contributed by atoms with E-state index in [-0.39, 0.29) is 0 Å². The molecule has 11 heteroatoms. The Labute approximate surface area is 201 Å². The average molecular weight is 497 g/mol. The summed E-state index contributed by atoms with van der Waals surface area (Å²) in [5, 5.41) is 70.0. The third-order valence-corrected chi connectivity index (χ3v) is 6.49. The molecule has 34 heavy (non-hydrogen) atoms. The summed E-state index contributed by atoms with van der Waals surface area (Å²) in [7, 11) is 0. The molecule has 6 unspecified atom stereocenters. The van der Waals surface area contributed by atoms with E-state index in [0.717, 1.165) is 19.3 Å². The summed E-state index contributed by atoms with van der Waals surface area (Å²) < 4.78 is 22.0. The fourth-order valence-electron chi connectivity index (χ4n) is 4.31. The third kappa shape index (κ3) is 8.31. The first-order valence-electron chi connectivity index (χ1n) is 12.6. The molecule has 2 aliphatic heterocycles. The van der Waals surface area contributed by atoms with Gasteiger partial charge in [0.2, 0.25) is 0 Å². The molecule has 0 amide bonds. The zero-order valence-electron chi connectivity index (χ0n) is 20.0. The zero-order valence-corrected chi connectivity index (χ0v) is 20.0. The monoisotopic (exact) mass is 496 g/mol. The van der Waals surface area contributed by atoms with Gasteiger partial charge >= 0.3 is 0 Å². The van der Waals surface area contributed by atoms with Crippen LogP contribution < -0.4 is 0 Å². The lowest BCUT2D eigenvalue weighted by atomic mass is 9.97. The first-order valence-corrected chi connectivity index (χ1v) is 12.6. The molecular formula is C23H44O11. The maximum absolute atomic E-state index is 10.6. The maximum Gasteiger partial charge on any atom is 0.187 e. The van der Waals surface area contributed by atoms with Gasteiger partial charge in [-0.15, -0.1) is 0 Å². The highest BCUT2D eigenvalue weighted by molar-refractivity contribution is 4.94. The minimum absolute atomic E-state index is 0.320. The summed E-state index contributed by atoms with van der Waals surface area (Å²) in [5.41, 5.74) is 0. The van der Waals surface area contributed by atoms with Crippen LogP contribution in [0.4, 0.5) is 0 Å². The second-order valence-corrected chi connectivity index (χ2v) is 9.20. The highest BCUT2D eigenvalue weighted by Gasteiger charge is 2.50. The third-order valence-electron chi connectivity index (χ3n) is 6.49. The molecule has 0 aromatic rings. The Bertz CT molecular complexity index is 535. The molecule has 7 N–H and O–H groups in total. The fourth-order valence-corrected chi connectivity index (χ4v) is 4.31. The van der Waals surface area contributed by atoms with Crippen LogP contribution >= 0.6 is 0 Å². The Morgan fingerprint density at radius 2 is 1.12 bits per heavy atom. The van der Waals surface area contributed by atoms with E-state index >= 15 is 0 Å². The van der Waals surface area contributed by atoms with Crippen LogP contribution in [0.2, 0.25) is 0 Å². The van der Waals surface area contributed by atoms with Crippen molar-refractivity contribution in [1.29, 1.82) is 0 Å². The quantitative estimate of drug-likeness (QED) is 0.141. The van der Waals surface area contributed by atoms with Gasteiger partial charge < -0.3 is 54.7 Å². The van der Waals surface area contributed by atoms with E-state index in [1.165, 1.54) is 38.5 Å². The van der Waals surface area contributed by atoms with Crippen molar-refractivity contribution in [3.63, 3.8) is 0 Å². The molecule has 2 aliphatic rings. The van der Waals surface area contributed by atoms with E-state index in [4.69, 9.17) is 18.9 Å². The Kier molecular flexibility index (Phi) is 13.7. The summed E-state index contributed by atoms with van der Waals surface area (Å²) in [4.78, 5) is 0. The molecule has 10 atom stereocenters. The molecule has 0 saturated carbocycles. The summed E-state index contributed by atoms with van der Waals surface area (Å²) >= 11 is 0. The lowest BCUT2D eigenvalue weighted by molar-refractivity contribution is -0.359. The number of aliphatic hydroxyl groups is 7. The van der Waals surface area contributed by atoms with Crippen LogP contribution in [0.15, 0.2) is 0 Å². The highest BCUT2D eigenvalue weighted by Crippen LogP contribution is 2.29. The SMILES string of the molecule is CCCCCCCCCCCO[C@H]1OC(CO)[C@@H](O[C@H]2OC(CO)[C@@H](O)C(O)C2O)C(O)C1O. The van der Waals surface area contributed by atoms with Gasteiger partial charge in [-0.05, 0) is 6.42 Å². The van der Waals surface area contributed by atoms with Crippen molar-refractivity contribution >= 4 is 0 Å². The normalized spacial score (nSPS) is 38.8. The number of rotatable bonds is 15. The number of unbranched alkanes of at least 4 members (excludes halogenated alkanes) is 8. The summed E-state index contributed by atoms with van der Waals surface area (Å²) in [5.74, 6) is 0. The molecule has 0 aromatic carbocycles. The van der Waals surface area contributed by atoms with E-state index in [0.29, 0.717) is 6.61 Å². The number of hydrogen-bond donors (Lipinski definition) is 7. The molecule has 11 nitrogen and oxygen atoms in total. The molecule has 0 bridgehead atoms. The summed E-state index contributed by atoms with van der Waals surface area (Å²) in [6.07, 6.45) is -3.99. The molecule has 0 spiro atoms. The van der Waals surface area contributed by atoms with E-state index in [1.807, 2.05) is 0 Å². The molecular weight excluding hydrogens is 452 g/mol. The standard InChI is InChI=1S/C23H44O11/c1-2-3-4-5-6-7-8-9-10-11-31-22-20(30)18(28)21(15(13-25)33-22)34-23-19(29)17(27)16(26)14(12-24)32-23/h14-30H,2-13H2,1H3/t14?,15?,16-,17?,18?,19?,20?,21-,22+,23-/m1/s1. The van der Waals surface area contributed by atoms with Gasteiger partial charge in [0.05, 0.1) is 13.2 Å². The summed E-state index contributed by atoms with van der Waals surface area (Å²) in [6, 6.07) is 0. The van der Waals surface area contributed by atoms with E-state index in [2.05, 4.69) is 6.92 Å². The topological polar surface area (TPSA) is 179 Å². The van der Waals surface area contributed by atoms with E-state index in [1.54, 1.807) is 0 Å². The van der Waals surface area contributed by atoms with E-state index < -0.39 is 74.6 Å². The number of hydrogen-bond acceptors (Lipinski definition) is 11. The predicted octanol–water partition coefficient (Wildman–Crippen LogP) is -0.842. The van der Waals surface area contributed by atoms with Gasteiger partial charge in [0.25, 0.3) is 0 Å². The first-order chi connectivity index (χ1) is 16.3. The molecule has 0 radical (unpaired) electrons. The fraction of sp³-hybridized carbons (Fsp3) is 1.00. The lowest BCUT2D eigenvalue weighted by Gasteiger charge is -2.45. The smallest absolute Gasteiger partial charge is 0.187 e. The zero-order chi connectivity index (χ0) is 25.1. The Morgan fingerprint density at radius 3 is 1.71 bits per heavy atom. The van der Waals surface area contributed by atoms with Crippen LogP contribution in [0, 0.1) is 0 Å². The number of ether oxygens (including phenoxy) is 4. The summed E-state index contributed by atoms with van der Waals surface area (Å²) in [6.45, 7) is 1.29. The van der Waals surface area contributed by atoms with Crippen LogP contribution in [0.5, 0.6) is 0 Å². The molecule has 202 valence electrons. The van der Waals surface area contributed by atoms with Crippen LogP contribution in [-0.2, 0) is 18.9 Å². The van der Waals surface area contributed by atoms with Gasteiger partial charge in [-0.2, -0.15) is 0 Å². The predicted molar refractivity (Wildman–Crippen MR) is 120 cm³/mol. The van der Waals surface area contributed by atoms with Crippen molar-refractivity contribution in [2.45, 2.75) is 126 Å². The van der Waals surface area contributed by atoms with Gasteiger partial charge in [0.15, 0.2) is 12.6 Å². The molecule has 2 fully saturated rings. The second kappa shape index (κ2) is 15.6. The van der Waals surface area contributed by atoms with Crippen LogP contribution in [0.25, 0.3) is 0 Å². The van der Waals surface area contributed by atoms with Crippen molar-refractivity contribution < 1.29 is 54.7 Å². The Hall–Kier alpha value is -0.440. The van der Waals surface area contributed by atoms with Gasteiger partial charge in [-0.3, -0.25) is 0 Å². The second-order valence-electron chi connectivity index (χ2n) is 9.20. The Morgan fingerprint density at radius 1 is 0.588 bits per heavy atom. The van der Waals surface area contributed by atoms with Crippen molar-refractivity contribution in [3.8, 4) is 0 Å². The molecule has 2 saturated heterocycles. The van der Waals surface area contributed by atoms with Crippen molar-refractivity contribution in [2.75, 3.05) is 19.8 Å². The van der Waals surface area contributed by atoms with E-state index in [9.17, 15) is 35.7 Å². The van der Waals surface area contributed by atoms with Gasteiger partial charge in [0.1, 0.15) is 48.8 Å². The van der Waals surface area contributed by atoms with Gasteiger partial charge in [-0.25, -0.2) is 0 Å². The molecule has 2 heterocycles. The van der Waals surface area contributed by atoms with Gasteiger partial charge in [0, 0.05) is 6.61 Å². The Balaban J connectivity index is 1.78. The maximum atomic E-state index is 10.6. The molecule has 2 rings (SSSR count). The first kappa shape index (κ1) is 29.8. The van der Waals surface area contributed by atoms with Crippen molar-refractivity contribution in [3.05, 3.63) is 0 Å². The van der Waals surface area contributed by atoms with Gasteiger partial charge in [-0.1, -0.05) is 58.3 Å². The minimum Gasteiger partial charge on any atom is -0.394 e.